The largest absolute Gasteiger partial charge is 0.301 e. The number of aromatic nitrogens is 1. The zero-order valence-electron chi connectivity index (χ0n) is 16.6. The van der Waals surface area contributed by atoms with Gasteiger partial charge in [0.2, 0.25) is 5.91 Å². The second-order valence-electron chi connectivity index (χ2n) is 7.58. The van der Waals surface area contributed by atoms with E-state index in [-0.39, 0.29) is 10.1 Å². The van der Waals surface area contributed by atoms with Gasteiger partial charge in [0.15, 0.2) is 5.13 Å². The van der Waals surface area contributed by atoms with Crippen molar-refractivity contribution in [1.82, 2.24) is 9.29 Å². The zero-order chi connectivity index (χ0) is 21.5. The maximum absolute atomic E-state index is 13.1. The van der Waals surface area contributed by atoms with Gasteiger partial charge < -0.3 is 5.32 Å². The van der Waals surface area contributed by atoms with E-state index in [9.17, 15) is 13.2 Å². The number of fused-ring (bicyclic) bond motifs is 1. The van der Waals surface area contributed by atoms with Crippen LogP contribution in [0.2, 0.25) is 4.34 Å². The average molecular weight is 484 g/mol. The van der Waals surface area contributed by atoms with E-state index in [1.807, 2.05) is 12.1 Å². The number of nitrogens with zero attached hydrogens (tertiary/aromatic N) is 2. The molecule has 3 aromatic rings. The first kappa shape index (κ1) is 21.7. The number of hydrogen-bond donors (Lipinski definition) is 1. The van der Waals surface area contributed by atoms with E-state index < -0.39 is 16.1 Å². The number of piperidine rings is 1. The topological polar surface area (TPSA) is 79.4 Å². The molecular weight excluding hydrogens is 462 g/mol. The van der Waals surface area contributed by atoms with Crippen LogP contribution in [0, 0.1) is 0 Å². The van der Waals surface area contributed by atoms with E-state index in [1.165, 1.54) is 27.3 Å². The quantitative estimate of drug-likeness (QED) is 0.532. The number of thiophene rings is 1. The minimum atomic E-state index is -3.78. The van der Waals surface area contributed by atoms with E-state index in [2.05, 4.69) is 30.2 Å². The van der Waals surface area contributed by atoms with Crippen LogP contribution in [0.5, 0.6) is 0 Å². The number of thiazole rings is 1. The molecule has 1 N–H and O–H groups in total. The van der Waals surface area contributed by atoms with E-state index in [4.69, 9.17) is 11.6 Å². The lowest BCUT2D eigenvalue weighted by Crippen LogP contribution is -2.49. The van der Waals surface area contributed by atoms with Crippen LogP contribution >= 0.6 is 34.3 Å². The summed E-state index contributed by atoms with van der Waals surface area (Å²) in [7, 11) is -3.78. The Morgan fingerprint density at radius 1 is 1.23 bits per heavy atom. The highest BCUT2D eigenvalue weighted by Crippen LogP contribution is 2.33. The molecule has 160 valence electrons. The number of halogens is 1. The highest BCUT2D eigenvalue weighted by Gasteiger charge is 2.38. The van der Waals surface area contributed by atoms with E-state index in [0.29, 0.717) is 28.4 Å². The summed E-state index contributed by atoms with van der Waals surface area (Å²) in [6.07, 6.45) is 2.00. The van der Waals surface area contributed by atoms with Crippen LogP contribution < -0.4 is 5.32 Å². The van der Waals surface area contributed by atoms with Crippen LogP contribution in [0.4, 0.5) is 5.13 Å². The Kier molecular flexibility index (Phi) is 6.18. The maximum atomic E-state index is 13.1. The second-order valence-corrected chi connectivity index (χ2v) is 12.4. The number of carbonyl (C=O) groups excluding carboxylic acids is 1. The monoisotopic (exact) mass is 483 g/mol. The summed E-state index contributed by atoms with van der Waals surface area (Å²) in [6.45, 7) is 4.57. The van der Waals surface area contributed by atoms with Gasteiger partial charge in [-0.3, -0.25) is 4.79 Å². The molecular formula is C20H22ClN3O3S3. The third-order valence-corrected chi connectivity index (χ3v) is 9.72. The first-order valence-corrected chi connectivity index (χ1v) is 13.2. The molecule has 0 spiro atoms. The third-order valence-electron chi connectivity index (χ3n) is 5.18. The second kappa shape index (κ2) is 8.55. The van der Waals surface area contributed by atoms with Crippen molar-refractivity contribution in [3.05, 3.63) is 40.2 Å². The molecule has 0 bridgehead atoms. The normalized spacial score (nSPS) is 18.2. The Morgan fingerprint density at radius 3 is 2.73 bits per heavy atom. The van der Waals surface area contributed by atoms with Gasteiger partial charge in [-0.05, 0) is 48.6 Å². The van der Waals surface area contributed by atoms with Crippen molar-refractivity contribution in [1.29, 1.82) is 0 Å². The van der Waals surface area contributed by atoms with Crippen LogP contribution in [0.3, 0.4) is 0 Å². The van der Waals surface area contributed by atoms with Crippen LogP contribution in [0.25, 0.3) is 10.2 Å². The lowest BCUT2D eigenvalue weighted by atomic mass is 10.0. The number of benzene rings is 1. The van der Waals surface area contributed by atoms with Crippen LogP contribution in [0.15, 0.2) is 34.5 Å². The summed E-state index contributed by atoms with van der Waals surface area (Å²) in [6, 6.07) is 8.37. The van der Waals surface area contributed by atoms with Crippen LogP contribution in [-0.4, -0.2) is 36.2 Å². The number of sulfonamides is 1. The van der Waals surface area contributed by atoms with Gasteiger partial charge in [0.05, 0.1) is 14.6 Å². The molecule has 2 aromatic heterocycles. The summed E-state index contributed by atoms with van der Waals surface area (Å²) in [5, 5.41) is 3.33. The molecule has 30 heavy (non-hydrogen) atoms. The van der Waals surface area contributed by atoms with Gasteiger partial charge in [0.25, 0.3) is 10.0 Å². The lowest BCUT2D eigenvalue weighted by Gasteiger charge is -2.32. The number of nitrogens with one attached hydrogen (secondary N) is 1. The Hall–Kier alpha value is -1.52. The van der Waals surface area contributed by atoms with Gasteiger partial charge in [-0.25, -0.2) is 13.4 Å². The van der Waals surface area contributed by atoms with Crippen molar-refractivity contribution in [2.24, 2.45) is 0 Å². The van der Waals surface area contributed by atoms with Crippen LogP contribution in [-0.2, 0) is 14.8 Å². The first-order chi connectivity index (χ1) is 14.3. The smallest absolute Gasteiger partial charge is 0.253 e. The fourth-order valence-corrected chi connectivity index (χ4v) is 7.73. The molecule has 0 radical (unpaired) electrons. The van der Waals surface area contributed by atoms with Gasteiger partial charge >= 0.3 is 0 Å². The van der Waals surface area contributed by atoms with Crippen molar-refractivity contribution >= 4 is 65.6 Å². The molecule has 10 heteroatoms. The SMILES string of the molecule is CC(C)c1ccc2nc(NC(=O)C3CCCCN3S(=O)(=O)c3ccc(Cl)s3)sc2c1. The number of hydrogen-bond acceptors (Lipinski definition) is 6. The number of carbonyl (C=O) groups is 1. The van der Waals surface area contributed by atoms with Gasteiger partial charge in [-0.1, -0.05) is 49.3 Å². The Morgan fingerprint density at radius 2 is 2.03 bits per heavy atom. The number of anilines is 1. The molecule has 1 saturated heterocycles. The molecule has 1 amide bonds. The standard InChI is InChI=1S/C20H22ClN3O3S3/c1-12(2)13-6-7-14-16(11-13)28-20(22-14)23-19(25)15-5-3-4-10-24(15)30(26,27)18-9-8-17(21)29-18/h6-9,11-12,15H,3-5,10H2,1-2H3,(H,22,23,25). The molecule has 1 atom stereocenters. The minimum absolute atomic E-state index is 0.161. The zero-order valence-corrected chi connectivity index (χ0v) is 19.8. The summed E-state index contributed by atoms with van der Waals surface area (Å²) in [5.41, 5.74) is 2.03. The average Bonchev–Trinajstić information content (AvgIpc) is 3.33. The predicted octanol–water partition coefficient (Wildman–Crippen LogP) is 5.32. The first-order valence-electron chi connectivity index (χ1n) is 9.74. The fourth-order valence-electron chi connectivity index (χ4n) is 3.55. The van der Waals surface area contributed by atoms with E-state index >= 15 is 0 Å². The van der Waals surface area contributed by atoms with E-state index in [0.717, 1.165) is 34.4 Å². The molecule has 0 saturated carbocycles. The summed E-state index contributed by atoms with van der Waals surface area (Å²) >= 11 is 8.34. The van der Waals surface area contributed by atoms with Gasteiger partial charge in [-0.2, -0.15) is 4.31 Å². The van der Waals surface area contributed by atoms with Gasteiger partial charge in [0, 0.05) is 6.54 Å². The van der Waals surface area contributed by atoms with Gasteiger partial charge in [0.1, 0.15) is 10.3 Å². The van der Waals surface area contributed by atoms with Crippen molar-refractivity contribution in [3.63, 3.8) is 0 Å². The number of amides is 1. The predicted molar refractivity (Wildman–Crippen MR) is 123 cm³/mol. The Balaban J connectivity index is 1.57. The Bertz CT molecular complexity index is 1190. The summed E-state index contributed by atoms with van der Waals surface area (Å²) < 4.78 is 29.1. The highest BCUT2D eigenvalue weighted by atomic mass is 35.5. The minimum Gasteiger partial charge on any atom is -0.301 e. The van der Waals surface area contributed by atoms with E-state index in [1.54, 1.807) is 6.07 Å². The number of rotatable bonds is 5. The van der Waals surface area contributed by atoms with Crippen molar-refractivity contribution in [2.45, 2.75) is 49.3 Å². The van der Waals surface area contributed by atoms with Gasteiger partial charge in [-0.15, -0.1) is 11.3 Å². The summed E-state index contributed by atoms with van der Waals surface area (Å²) in [4.78, 5) is 17.5. The maximum Gasteiger partial charge on any atom is 0.253 e. The highest BCUT2D eigenvalue weighted by molar-refractivity contribution is 7.91. The molecule has 1 aromatic carbocycles. The molecule has 6 nitrogen and oxygen atoms in total. The van der Waals surface area contributed by atoms with Crippen molar-refractivity contribution in [2.75, 3.05) is 11.9 Å². The molecule has 1 aliphatic heterocycles. The molecule has 3 heterocycles. The third kappa shape index (κ3) is 4.27. The van der Waals surface area contributed by atoms with Crippen molar-refractivity contribution in [3.8, 4) is 0 Å². The van der Waals surface area contributed by atoms with Crippen molar-refractivity contribution < 1.29 is 13.2 Å². The summed E-state index contributed by atoms with van der Waals surface area (Å²) in [5.74, 6) is 0.0605. The molecule has 1 fully saturated rings. The van der Waals surface area contributed by atoms with Crippen LogP contribution in [0.1, 0.15) is 44.6 Å². The fraction of sp³-hybridized carbons (Fsp3) is 0.400. The lowest BCUT2D eigenvalue weighted by molar-refractivity contribution is -0.120. The molecule has 0 aliphatic carbocycles. The Labute approximate surface area is 188 Å². The molecule has 4 rings (SSSR count). The molecule has 1 aliphatic rings. The molecule has 1 unspecified atom stereocenters.